The van der Waals surface area contributed by atoms with Gasteiger partial charge >= 0.3 is 0 Å². The van der Waals surface area contributed by atoms with E-state index in [0.29, 0.717) is 17.7 Å². The summed E-state index contributed by atoms with van der Waals surface area (Å²) in [6, 6.07) is 8.34. The van der Waals surface area contributed by atoms with Crippen molar-refractivity contribution in [3.8, 4) is 0 Å². The second-order valence-electron chi connectivity index (χ2n) is 3.45. The van der Waals surface area contributed by atoms with Crippen LogP contribution in [0.25, 0.3) is 0 Å². The van der Waals surface area contributed by atoms with Crippen LogP contribution in [0.1, 0.15) is 19.3 Å². The van der Waals surface area contributed by atoms with Gasteiger partial charge in [-0.25, -0.2) is 8.42 Å². The molecule has 0 saturated carbocycles. The first-order valence-electron chi connectivity index (χ1n) is 5.24. The van der Waals surface area contributed by atoms with Gasteiger partial charge in [0.05, 0.1) is 4.90 Å². The predicted octanol–water partition coefficient (Wildman–Crippen LogP) is 2.14. The van der Waals surface area contributed by atoms with Crippen LogP contribution in [0.2, 0.25) is 0 Å². The van der Waals surface area contributed by atoms with Crippen LogP contribution in [0.15, 0.2) is 46.7 Å². The van der Waals surface area contributed by atoms with Gasteiger partial charge in [-0.05, 0) is 31.4 Å². The van der Waals surface area contributed by atoms with E-state index in [2.05, 4.69) is 0 Å². The summed E-state index contributed by atoms with van der Waals surface area (Å²) in [6.07, 6.45) is 3.82. The zero-order valence-corrected chi connectivity index (χ0v) is 9.86. The normalized spacial score (nSPS) is 12.1. The number of unbranched alkanes of at least 4 members (excludes halogenated alkanes) is 2. The zero-order valence-electron chi connectivity index (χ0n) is 9.04. The van der Waals surface area contributed by atoms with Crippen LogP contribution in [0, 0.1) is 0 Å². The number of aliphatic hydroxyl groups excluding tert-OH is 1. The van der Waals surface area contributed by atoms with Crippen molar-refractivity contribution >= 4 is 9.84 Å². The molecule has 0 radical (unpaired) electrons. The highest BCUT2D eigenvalue weighted by Gasteiger charge is 2.07. The quantitative estimate of drug-likeness (QED) is 0.775. The van der Waals surface area contributed by atoms with E-state index < -0.39 is 9.84 Å². The molecule has 0 unspecified atom stereocenters. The van der Waals surface area contributed by atoms with Crippen molar-refractivity contribution in [3.63, 3.8) is 0 Å². The Morgan fingerprint density at radius 3 is 2.44 bits per heavy atom. The van der Waals surface area contributed by atoms with Crippen LogP contribution in [0.4, 0.5) is 0 Å². The van der Waals surface area contributed by atoms with E-state index in [9.17, 15) is 8.42 Å². The molecule has 0 aromatic heterocycles. The Labute approximate surface area is 96.4 Å². The molecule has 0 aliphatic rings. The van der Waals surface area contributed by atoms with Gasteiger partial charge in [-0.15, -0.1) is 0 Å². The third-order valence-electron chi connectivity index (χ3n) is 2.13. The van der Waals surface area contributed by atoms with E-state index in [1.807, 2.05) is 0 Å². The Kier molecular flexibility index (Phi) is 5.22. The Hall–Kier alpha value is -1.13. The molecule has 0 amide bonds. The van der Waals surface area contributed by atoms with Crippen molar-refractivity contribution in [2.45, 2.75) is 24.2 Å². The zero-order chi connectivity index (χ0) is 11.9. The van der Waals surface area contributed by atoms with Crippen LogP contribution >= 0.6 is 0 Å². The molecule has 0 bridgehead atoms. The monoisotopic (exact) mass is 240 g/mol. The number of hydrogen-bond donors (Lipinski definition) is 1. The summed E-state index contributed by atoms with van der Waals surface area (Å²) in [6.45, 7) is 0.152. The minimum absolute atomic E-state index is 0.152. The fourth-order valence-corrected chi connectivity index (χ4v) is 2.34. The number of aliphatic hydroxyl groups is 1. The minimum Gasteiger partial charge on any atom is -0.396 e. The Morgan fingerprint density at radius 2 is 1.81 bits per heavy atom. The van der Waals surface area contributed by atoms with E-state index >= 15 is 0 Å². The first kappa shape index (κ1) is 12.9. The summed E-state index contributed by atoms with van der Waals surface area (Å²) < 4.78 is 23.5. The molecule has 1 aromatic carbocycles. The molecule has 1 N–H and O–H groups in total. The van der Waals surface area contributed by atoms with Crippen LogP contribution in [-0.4, -0.2) is 20.1 Å². The molecule has 0 fully saturated rings. The maximum atomic E-state index is 11.7. The van der Waals surface area contributed by atoms with Crippen molar-refractivity contribution in [2.24, 2.45) is 0 Å². The van der Waals surface area contributed by atoms with Gasteiger partial charge in [0.25, 0.3) is 0 Å². The number of hydrogen-bond acceptors (Lipinski definition) is 3. The Morgan fingerprint density at radius 1 is 1.12 bits per heavy atom. The lowest BCUT2D eigenvalue weighted by Crippen LogP contribution is -1.95. The van der Waals surface area contributed by atoms with Gasteiger partial charge in [0.1, 0.15) is 0 Å². The van der Waals surface area contributed by atoms with Gasteiger partial charge in [-0.1, -0.05) is 24.3 Å². The second-order valence-corrected chi connectivity index (χ2v) is 5.28. The van der Waals surface area contributed by atoms with E-state index in [1.165, 1.54) is 5.41 Å². The average molecular weight is 240 g/mol. The van der Waals surface area contributed by atoms with E-state index in [4.69, 9.17) is 5.11 Å². The van der Waals surface area contributed by atoms with Crippen LogP contribution in [-0.2, 0) is 9.84 Å². The maximum Gasteiger partial charge on any atom is 0.199 e. The lowest BCUT2D eigenvalue weighted by molar-refractivity contribution is 0.285. The largest absolute Gasteiger partial charge is 0.396 e. The lowest BCUT2D eigenvalue weighted by atomic mass is 10.2. The minimum atomic E-state index is -3.29. The fourth-order valence-electron chi connectivity index (χ4n) is 1.26. The Bertz CT molecular complexity index is 421. The summed E-state index contributed by atoms with van der Waals surface area (Å²) in [5.41, 5.74) is 0. The van der Waals surface area contributed by atoms with Gasteiger partial charge in [0.15, 0.2) is 9.84 Å². The molecule has 16 heavy (non-hydrogen) atoms. The van der Waals surface area contributed by atoms with Crippen molar-refractivity contribution in [2.75, 3.05) is 6.61 Å². The summed E-state index contributed by atoms with van der Waals surface area (Å²) in [5, 5.41) is 9.80. The highest BCUT2D eigenvalue weighted by Crippen LogP contribution is 2.11. The van der Waals surface area contributed by atoms with Gasteiger partial charge in [0.2, 0.25) is 0 Å². The molecule has 1 rings (SSSR count). The molecule has 0 atom stereocenters. The van der Waals surface area contributed by atoms with Crippen LogP contribution < -0.4 is 0 Å². The molecular weight excluding hydrogens is 224 g/mol. The summed E-state index contributed by atoms with van der Waals surface area (Å²) >= 11 is 0. The summed E-state index contributed by atoms with van der Waals surface area (Å²) in [5.74, 6) is 0. The summed E-state index contributed by atoms with van der Waals surface area (Å²) in [4.78, 5) is 0.313. The van der Waals surface area contributed by atoms with Gasteiger partial charge < -0.3 is 5.11 Å². The second kappa shape index (κ2) is 6.45. The third kappa shape index (κ3) is 4.16. The van der Waals surface area contributed by atoms with Gasteiger partial charge in [-0.2, -0.15) is 0 Å². The lowest BCUT2D eigenvalue weighted by Gasteiger charge is -1.97. The maximum absolute atomic E-state index is 11.7. The number of allylic oxidation sites excluding steroid dienone is 1. The standard InChI is InChI=1S/C12H16O3S/c13-10-6-1-2-7-11-16(14,15)12-8-4-3-5-9-12/h3-5,7-9,11,13H,1-2,6,10H2/b11-7+. The molecular formula is C12H16O3S. The van der Waals surface area contributed by atoms with Gasteiger partial charge in [0, 0.05) is 12.0 Å². The molecule has 88 valence electrons. The highest BCUT2D eigenvalue weighted by atomic mass is 32.2. The van der Waals surface area contributed by atoms with E-state index in [1.54, 1.807) is 36.4 Å². The topological polar surface area (TPSA) is 54.4 Å². The van der Waals surface area contributed by atoms with Gasteiger partial charge in [-0.3, -0.25) is 0 Å². The van der Waals surface area contributed by atoms with Crippen LogP contribution in [0.3, 0.4) is 0 Å². The SMILES string of the molecule is O=S(=O)(/C=C/CCCCO)c1ccccc1. The number of benzene rings is 1. The first-order chi connectivity index (χ1) is 7.67. The number of sulfone groups is 1. The molecule has 0 aliphatic carbocycles. The molecule has 1 aromatic rings. The Balaban J connectivity index is 2.59. The molecule has 0 heterocycles. The summed E-state index contributed by atoms with van der Waals surface area (Å²) in [7, 11) is -3.29. The van der Waals surface area contributed by atoms with Crippen molar-refractivity contribution in [1.29, 1.82) is 0 Å². The average Bonchev–Trinajstić information content (AvgIpc) is 2.30. The van der Waals surface area contributed by atoms with Crippen molar-refractivity contribution in [1.82, 2.24) is 0 Å². The van der Waals surface area contributed by atoms with E-state index in [-0.39, 0.29) is 6.61 Å². The third-order valence-corrected chi connectivity index (χ3v) is 3.61. The first-order valence-corrected chi connectivity index (χ1v) is 6.79. The van der Waals surface area contributed by atoms with Crippen molar-refractivity contribution < 1.29 is 13.5 Å². The van der Waals surface area contributed by atoms with Crippen LogP contribution in [0.5, 0.6) is 0 Å². The highest BCUT2D eigenvalue weighted by molar-refractivity contribution is 7.94. The fraction of sp³-hybridized carbons (Fsp3) is 0.333. The molecule has 0 saturated heterocycles. The molecule has 3 nitrogen and oxygen atoms in total. The molecule has 4 heteroatoms. The number of rotatable bonds is 6. The smallest absolute Gasteiger partial charge is 0.199 e. The van der Waals surface area contributed by atoms with Crippen molar-refractivity contribution in [3.05, 3.63) is 41.8 Å². The molecule has 0 aliphatic heterocycles. The van der Waals surface area contributed by atoms with E-state index in [0.717, 1.165) is 6.42 Å². The predicted molar refractivity (Wildman–Crippen MR) is 63.7 cm³/mol. The molecule has 0 spiro atoms.